The summed E-state index contributed by atoms with van der Waals surface area (Å²) in [7, 11) is 1.15. The van der Waals surface area contributed by atoms with E-state index >= 15 is 0 Å². The third-order valence-electron chi connectivity index (χ3n) is 16.4. The maximum atomic E-state index is 12.9. The van der Waals surface area contributed by atoms with E-state index in [1.165, 1.54) is 218 Å². The Morgan fingerprint density at radius 1 is 0.364 bits per heavy atom. The van der Waals surface area contributed by atoms with E-state index in [0.717, 1.165) is 96.3 Å². The van der Waals surface area contributed by atoms with Crippen molar-refractivity contribution in [2.24, 2.45) is 0 Å². The number of rotatable bonds is 69. The van der Waals surface area contributed by atoms with Crippen LogP contribution in [0, 0.1) is 0 Å². The number of phosphoric ester groups is 1. The second-order valence-electron chi connectivity index (χ2n) is 26.3. The smallest absolute Gasteiger partial charge is 0.306 e. The predicted molar refractivity (Wildman–Crippen MR) is 379 cm³/mol. The molecule has 9 nitrogen and oxygen atoms in total. The molecule has 0 radical (unpaired) electrons. The van der Waals surface area contributed by atoms with Gasteiger partial charge in [0.15, 0.2) is 6.10 Å². The number of carbonyl (C=O) groups is 2. The topological polar surface area (TPSA) is 111 Å². The highest BCUT2D eigenvalue weighted by molar-refractivity contribution is 7.45. The Morgan fingerprint density at radius 2 is 0.648 bits per heavy atom. The number of ether oxygens (including phenoxy) is 2. The van der Waals surface area contributed by atoms with Crippen molar-refractivity contribution in [3.63, 3.8) is 0 Å². The Kier molecular flexibility index (Phi) is 66.4. The molecule has 0 aromatic rings. The molecule has 0 amide bonds. The second-order valence-corrected chi connectivity index (χ2v) is 27.7. The zero-order valence-corrected chi connectivity index (χ0v) is 59.3. The van der Waals surface area contributed by atoms with Crippen LogP contribution in [-0.2, 0) is 32.7 Å². The Hall–Kier alpha value is -2.81. The van der Waals surface area contributed by atoms with Crippen LogP contribution < -0.4 is 4.89 Å². The monoisotopic (exact) mass is 1250 g/mol. The number of esters is 2. The maximum Gasteiger partial charge on any atom is 0.306 e. The molecule has 2 atom stereocenters. The number of quaternary nitrogens is 1. The first kappa shape index (κ1) is 85.2. The molecule has 0 heterocycles. The largest absolute Gasteiger partial charge is 0.756 e. The molecule has 10 heteroatoms. The van der Waals surface area contributed by atoms with Crippen LogP contribution in [0.4, 0.5) is 0 Å². The number of carbonyl (C=O) groups excluding carboxylic acids is 2. The Balaban J connectivity index is 3.99. The molecule has 88 heavy (non-hydrogen) atoms. The van der Waals surface area contributed by atoms with Crippen LogP contribution in [-0.4, -0.2) is 70.0 Å². The van der Waals surface area contributed by atoms with Gasteiger partial charge in [0.1, 0.15) is 19.8 Å². The van der Waals surface area contributed by atoms with E-state index in [9.17, 15) is 19.0 Å². The fraction of sp³-hybridized carbons (Fsp3) is 0.795. The van der Waals surface area contributed by atoms with E-state index in [2.05, 4.69) is 98.9 Å². The van der Waals surface area contributed by atoms with Crippen molar-refractivity contribution in [1.82, 2.24) is 0 Å². The first-order valence-corrected chi connectivity index (χ1v) is 38.8. The number of phosphoric acid groups is 1. The van der Waals surface area contributed by atoms with Crippen molar-refractivity contribution in [3.8, 4) is 0 Å². The van der Waals surface area contributed by atoms with Gasteiger partial charge in [-0.1, -0.05) is 349 Å². The standard InChI is InChI=1S/C78H142NO8P/c1-6-8-10-12-14-16-18-20-22-24-26-28-30-32-34-35-36-37-38-39-40-41-42-43-45-46-48-50-52-54-56-58-60-62-64-66-68-70-77(80)84-74-76(75-86-88(82,83)85-73-72-79(3,4)5)87-78(81)71-69-67-65-63-61-59-57-55-53-51-49-47-44-33-31-29-27-25-23-21-19-17-15-13-11-9-7-2/h9,11,15,17,21,23,27,29,33,44,49,51,55,57,76H,6-8,10,12-14,16,18-20,22,24-26,28,30-32,34-43,45-48,50,52-54,56,58-75H2,1-5H3/b11-9-,17-15-,23-21-,29-27-,44-33-,51-49-,57-55-. The molecule has 0 aliphatic heterocycles. The molecule has 0 spiro atoms. The van der Waals surface area contributed by atoms with Gasteiger partial charge in [-0.3, -0.25) is 14.2 Å². The van der Waals surface area contributed by atoms with Gasteiger partial charge in [0, 0.05) is 12.8 Å². The Morgan fingerprint density at radius 3 is 0.966 bits per heavy atom. The zero-order valence-electron chi connectivity index (χ0n) is 58.4. The molecule has 0 rings (SSSR count). The Labute approximate surface area is 545 Å². The predicted octanol–water partition coefficient (Wildman–Crippen LogP) is 23.9. The molecule has 0 fully saturated rings. The summed E-state index contributed by atoms with van der Waals surface area (Å²) in [6.45, 7) is 4.14. The average Bonchev–Trinajstić information content (AvgIpc) is 3.60. The molecule has 2 unspecified atom stereocenters. The molecule has 0 aliphatic rings. The number of allylic oxidation sites excluding steroid dienone is 14. The number of hydrogen-bond donors (Lipinski definition) is 0. The summed E-state index contributed by atoms with van der Waals surface area (Å²) < 4.78 is 34.3. The van der Waals surface area contributed by atoms with Gasteiger partial charge in [0.2, 0.25) is 0 Å². The quantitative estimate of drug-likeness (QED) is 0.0195. The molecule has 0 bridgehead atoms. The molecule has 0 saturated carbocycles. The van der Waals surface area contributed by atoms with Gasteiger partial charge in [0.05, 0.1) is 27.7 Å². The van der Waals surface area contributed by atoms with Crippen molar-refractivity contribution >= 4 is 19.8 Å². The van der Waals surface area contributed by atoms with Crippen molar-refractivity contribution in [1.29, 1.82) is 0 Å². The van der Waals surface area contributed by atoms with Crippen LogP contribution in [0.15, 0.2) is 85.1 Å². The van der Waals surface area contributed by atoms with Crippen LogP contribution in [0.5, 0.6) is 0 Å². The summed E-state index contributed by atoms with van der Waals surface area (Å²) in [6.07, 6.45) is 94.1. The molecule has 0 aromatic carbocycles. The molecular weight excluding hydrogens is 1110 g/mol. The van der Waals surface area contributed by atoms with Gasteiger partial charge in [-0.15, -0.1) is 0 Å². The van der Waals surface area contributed by atoms with Crippen LogP contribution in [0.2, 0.25) is 0 Å². The van der Waals surface area contributed by atoms with Gasteiger partial charge in [-0.05, 0) is 70.6 Å². The van der Waals surface area contributed by atoms with E-state index in [1.54, 1.807) is 0 Å². The van der Waals surface area contributed by atoms with Crippen LogP contribution >= 0.6 is 7.82 Å². The van der Waals surface area contributed by atoms with Gasteiger partial charge in [-0.25, -0.2) is 0 Å². The van der Waals surface area contributed by atoms with E-state index in [4.69, 9.17) is 18.5 Å². The maximum absolute atomic E-state index is 12.9. The number of hydrogen-bond acceptors (Lipinski definition) is 8. The number of unbranched alkanes of at least 4 members (excludes halogenated alkanes) is 41. The highest BCUT2D eigenvalue weighted by atomic mass is 31.2. The summed E-state index contributed by atoms with van der Waals surface area (Å²) in [5.41, 5.74) is 0. The fourth-order valence-electron chi connectivity index (χ4n) is 10.8. The molecule has 0 N–H and O–H groups in total. The van der Waals surface area contributed by atoms with Gasteiger partial charge in [-0.2, -0.15) is 0 Å². The van der Waals surface area contributed by atoms with Gasteiger partial charge in [0.25, 0.3) is 7.82 Å². The normalized spacial score (nSPS) is 13.6. The molecular formula is C78H142NO8P. The highest BCUT2D eigenvalue weighted by Crippen LogP contribution is 2.38. The minimum Gasteiger partial charge on any atom is -0.756 e. The lowest BCUT2D eigenvalue weighted by Gasteiger charge is -2.28. The first-order chi connectivity index (χ1) is 43.0. The summed E-state index contributed by atoms with van der Waals surface area (Å²) in [5, 5.41) is 0. The number of nitrogens with zero attached hydrogens (tertiary/aromatic N) is 1. The van der Waals surface area contributed by atoms with Gasteiger partial charge >= 0.3 is 11.9 Å². The highest BCUT2D eigenvalue weighted by Gasteiger charge is 2.22. The van der Waals surface area contributed by atoms with Crippen molar-refractivity contribution in [2.75, 3.05) is 47.5 Å². The van der Waals surface area contributed by atoms with Crippen molar-refractivity contribution in [3.05, 3.63) is 85.1 Å². The summed E-state index contributed by atoms with van der Waals surface area (Å²) in [6, 6.07) is 0. The van der Waals surface area contributed by atoms with Crippen LogP contribution in [0.3, 0.4) is 0 Å². The third kappa shape index (κ3) is 72.3. The summed E-state index contributed by atoms with van der Waals surface area (Å²) in [5.74, 6) is -0.846. The van der Waals surface area contributed by atoms with E-state index < -0.39 is 26.5 Å². The lowest BCUT2D eigenvalue weighted by atomic mass is 10.0. The molecule has 0 aliphatic carbocycles. The molecule has 0 aromatic heterocycles. The SMILES string of the molecule is CC/C=C\C/C=C\C/C=C\C/C=C\C/C=C\C/C=C\C/C=C\CCCCCCCC(=O)OC(COC(=O)CCCCCCCCCCCCCCCCCCCCCCCCCCCCCCCCCCCCCCC)COP(=O)([O-])OCC[N+](C)(C)C. The molecule has 512 valence electrons. The van der Waals surface area contributed by atoms with Gasteiger partial charge < -0.3 is 27.9 Å². The minimum absolute atomic E-state index is 0.0376. The summed E-state index contributed by atoms with van der Waals surface area (Å²) in [4.78, 5) is 38.1. The number of likely N-dealkylation sites (N-methyl/N-ethyl adjacent to an activating group) is 1. The Bertz CT molecular complexity index is 1760. The second kappa shape index (κ2) is 68.6. The lowest BCUT2D eigenvalue weighted by Crippen LogP contribution is -2.37. The first-order valence-electron chi connectivity index (χ1n) is 37.3. The zero-order chi connectivity index (χ0) is 64.1. The summed E-state index contributed by atoms with van der Waals surface area (Å²) >= 11 is 0. The minimum atomic E-state index is -4.65. The molecule has 0 saturated heterocycles. The van der Waals surface area contributed by atoms with Crippen LogP contribution in [0.1, 0.15) is 348 Å². The van der Waals surface area contributed by atoms with Crippen molar-refractivity contribution < 1.29 is 42.1 Å². The van der Waals surface area contributed by atoms with E-state index in [-0.39, 0.29) is 32.0 Å². The van der Waals surface area contributed by atoms with E-state index in [1.807, 2.05) is 21.1 Å². The fourth-order valence-corrected chi connectivity index (χ4v) is 11.5. The van der Waals surface area contributed by atoms with E-state index in [0.29, 0.717) is 17.4 Å². The lowest BCUT2D eigenvalue weighted by molar-refractivity contribution is -0.870. The third-order valence-corrected chi connectivity index (χ3v) is 17.4. The van der Waals surface area contributed by atoms with Crippen molar-refractivity contribution in [2.45, 2.75) is 354 Å². The van der Waals surface area contributed by atoms with Crippen LogP contribution in [0.25, 0.3) is 0 Å². The average molecular weight is 1250 g/mol.